The quantitative estimate of drug-likeness (QED) is 0.440. The van der Waals surface area contributed by atoms with Crippen molar-refractivity contribution >= 4 is 22.3 Å². The van der Waals surface area contributed by atoms with Crippen LogP contribution in [-0.2, 0) is 5.41 Å². The van der Waals surface area contributed by atoms with Gasteiger partial charge in [-0.3, -0.25) is 0 Å². The molecule has 1 N–H and O–H groups in total. The third-order valence-corrected chi connectivity index (χ3v) is 4.76. The minimum Gasteiger partial charge on any atom is -0.354 e. The number of anilines is 2. The maximum Gasteiger partial charge on any atom is 0.0648 e. The summed E-state index contributed by atoms with van der Waals surface area (Å²) in [5, 5.41) is 4.84. The zero-order valence-corrected chi connectivity index (χ0v) is 15.5. The molecule has 1 heterocycles. The van der Waals surface area contributed by atoms with Gasteiger partial charge in [0.15, 0.2) is 0 Å². The van der Waals surface area contributed by atoms with Crippen molar-refractivity contribution in [2.45, 2.75) is 26.2 Å². The molecule has 0 aliphatic heterocycles. The third-order valence-electron chi connectivity index (χ3n) is 4.76. The normalized spacial score (nSPS) is 11.7. The standard InChI is InChI=1S/C24H24N2/c1-24(2,3)18-14-15-23-21(16-18)22(25-19-10-6-4-7-11-19)17-26(23)20-12-8-5-9-13-20/h4-17,25H,1-3H3. The maximum absolute atomic E-state index is 3.59. The molecule has 0 aliphatic carbocycles. The van der Waals surface area contributed by atoms with Gasteiger partial charge in [0.05, 0.1) is 11.2 Å². The third kappa shape index (κ3) is 3.11. The van der Waals surface area contributed by atoms with Gasteiger partial charge in [0.1, 0.15) is 0 Å². The number of hydrogen-bond acceptors (Lipinski definition) is 1. The Morgan fingerprint density at radius 1 is 0.769 bits per heavy atom. The lowest BCUT2D eigenvalue weighted by atomic mass is 9.86. The SMILES string of the molecule is CC(C)(C)c1ccc2c(c1)c(Nc1ccccc1)cn2-c1ccccc1. The Morgan fingerprint density at radius 3 is 2.08 bits per heavy atom. The van der Waals surface area contributed by atoms with E-state index in [1.165, 1.54) is 22.2 Å². The second-order valence-electron chi connectivity index (χ2n) is 7.72. The summed E-state index contributed by atoms with van der Waals surface area (Å²) in [6.07, 6.45) is 2.19. The highest BCUT2D eigenvalue weighted by atomic mass is 15.0. The molecule has 0 radical (unpaired) electrons. The molecule has 0 aliphatic rings. The number of nitrogens with zero attached hydrogens (tertiary/aromatic N) is 1. The Balaban J connectivity index is 1.91. The van der Waals surface area contributed by atoms with Gasteiger partial charge in [-0.15, -0.1) is 0 Å². The monoisotopic (exact) mass is 340 g/mol. The van der Waals surface area contributed by atoms with E-state index in [1.54, 1.807) is 0 Å². The van der Waals surface area contributed by atoms with Crippen molar-refractivity contribution in [1.29, 1.82) is 0 Å². The summed E-state index contributed by atoms with van der Waals surface area (Å²) in [5.41, 5.74) is 6.06. The summed E-state index contributed by atoms with van der Waals surface area (Å²) < 4.78 is 2.26. The molecule has 0 unspecified atom stereocenters. The van der Waals surface area contributed by atoms with Crippen molar-refractivity contribution in [3.8, 4) is 5.69 Å². The van der Waals surface area contributed by atoms with Crippen molar-refractivity contribution in [2.24, 2.45) is 0 Å². The number of nitrogens with one attached hydrogen (secondary N) is 1. The number of para-hydroxylation sites is 2. The molecule has 130 valence electrons. The molecule has 2 nitrogen and oxygen atoms in total. The summed E-state index contributed by atoms with van der Waals surface area (Å²) in [6, 6.07) is 27.6. The first kappa shape index (κ1) is 16.5. The van der Waals surface area contributed by atoms with Crippen LogP contribution in [0, 0.1) is 0 Å². The maximum atomic E-state index is 3.59. The van der Waals surface area contributed by atoms with Gasteiger partial charge in [-0.05, 0) is 47.4 Å². The summed E-state index contributed by atoms with van der Waals surface area (Å²) in [7, 11) is 0. The van der Waals surface area contributed by atoms with E-state index in [4.69, 9.17) is 0 Å². The van der Waals surface area contributed by atoms with E-state index in [0.29, 0.717) is 0 Å². The smallest absolute Gasteiger partial charge is 0.0648 e. The number of fused-ring (bicyclic) bond motifs is 1. The molecule has 2 heteroatoms. The summed E-state index contributed by atoms with van der Waals surface area (Å²) in [5.74, 6) is 0. The number of aromatic nitrogens is 1. The van der Waals surface area contributed by atoms with E-state index in [2.05, 4.69) is 110 Å². The van der Waals surface area contributed by atoms with Crippen molar-refractivity contribution in [2.75, 3.05) is 5.32 Å². The average Bonchev–Trinajstić information content (AvgIpc) is 3.00. The Hall–Kier alpha value is -3.00. The molecule has 3 aromatic carbocycles. The van der Waals surface area contributed by atoms with Gasteiger partial charge in [0.2, 0.25) is 0 Å². The van der Waals surface area contributed by atoms with Crippen molar-refractivity contribution in [1.82, 2.24) is 4.57 Å². The highest BCUT2D eigenvalue weighted by molar-refractivity contribution is 5.96. The van der Waals surface area contributed by atoms with Crippen molar-refractivity contribution < 1.29 is 0 Å². The summed E-state index contributed by atoms with van der Waals surface area (Å²) in [4.78, 5) is 0. The van der Waals surface area contributed by atoms with Crippen LogP contribution < -0.4 is 5.32 Å². The average molecular weight is 340 g/mol. The Labute approximate surface area is 155 Å². The van der Waals surface area contributed by atoms with Crippen LogP contribution in [0.2, 0.25) is 0 Å². The van der Waals surface area contributed by atoms with Gasteiger partial charge < -0.3 is 9.88 Å². The van der Waals surface area contributed by atoms with Crippen LogP contribution in [0.1, 0.15) is 26.3 Å². The molecule has 0 saturated carbocycles. The molecule has 0 amide bonds. The Kier molecular flexibility index (Phi) is 4.04. The van der Waals surface area contributed by atoms with Crippen LogP contribution in [0.5, 0.6) is 0 Å². The van der Waals surface area contributed by atoms with Crippen LogP contribution in [0.25, 0.3) is 16.6 Å². The topological polar surface area (TPSA) is 17.0 Å². The lowest BCUT2D eigenvalue weighted by Crippen LogP contribution is -2.10. The first-order chi connectivity index (χ1) is 12.5. The highest BCUT2D eigenvalue weighted by Crippen LogP contribution is 2.34. The molecule has 0 spiro atoms. The van der Waals surface area contributed by atoms with E-state index in [0.717, 1.165) is 11.4 Å². The van der Waals surface area contributed by atoms with Gasteiger partial charge in [-0.25, -0.2) is 0 Å². The predicted molar refractivity (Wildman–Crippen MR) is 112 cm³/mol. The van der Waals surface area contributed by atoms with Gasteiger partial charge in [0, 0.05) is 23.0 Å². The molecule has 0 saturated heterocycles. The number of benzene rings is 3. The van der Waals surface area contributed by atoms with Gasteiger partial charge in [-0.2, -0.15) is 0 Å². The van der Waals surface area contributed by atoms with E-state index in [1.807, 2.05) is 6.07 Å². The van der Waals surface area contributed by atoms with Crippen LogP contribution >= 0.6 is 0 Å². The van der Waals surface area contributed by atoms with Gasteiger partial charge >= 0.3 is 0 Å². The minimum absolute atomic E-state index is 0.118. The van der Waals surface area contributed by atoms with E-state index >= 15 is 0 Å². The fourth-order valence-corrected chi connectivity index (χ4v) is 3.28. The molecule has 4 rings (SSSR count). The molecular weight excluding hydrogens is 316 g/mol. The molecule has 1 aromatic heterocycles. The van der Waals surface area contributed by atoms with Crippen LogP contribution in [-0.4, -0.2) is 4.57 Å². The lowest BCUT2D eigenvalue weighted by molar-refractivity contribution is 0.591. The second kappa shape index (κ2) is 6.38. The number of rotatable bonds is 3. The molecule has 0 fully saturated rings. The van der Waals surface area contributed by atoms with E-state index in [9.17, 15) is 0 Å². The van der Waals surface area contributed by atoms with E-state index in [-0.39, 0.29) is 5.41 Å². The molecular formula is C24H24N2. The Morgan fingerprint density at radius 2 is 1.42 bits per heavy atom. The lowest BCUT2D eigenvalue weighted by Gasteiger charge is -2.19. The predicted octanol–water partition coefficient (Wildman–Crippen LogP) is 6.67. The van der Waals surface area contributed by atoms with Crippen molar-refractivity contribution in [3.05, 3.63) is 90.6 Å². The van der Waals surface area contributed by atoms with Crippen LogP contribution in [0.3, 0.4) is 0 Å². The van der Waals surface area contributed by atoms with Crippen LogP contribution in [0.4, 0.5) is 11.4 Å². The zero-order chi connectivity index (χ0) is 18.1. The number of hydrogen-bond donors (Lipinski definition) is 1. The largest absolute Gasteiger partial charge is 0.354 e. The first-order valence-electron chi connectivity index (χ1n) is 9.05. The first-order valence-corrected chi connectivity index (χ1v) is 9.05. The summed E-state index contributed by atoms with van der Waals surface area (Å²) in [6.45, 7) is 6.77. The van der Waals surface area contributed by atoms with Crippen LogP contribution in [0.15, 0.2) is 85.1 Å². The minimum atomic E-state index is 0.118. The van der Waals surface area contributed by atoms with Gasteiger partial charge in [-0.1, -0.05) is 63.2 Å². The Bertz CT molecular complexity index is 1020. The fourth-order valence-electron chi connectivity index (χ4n) is 3.28. The van der Waals surface area contributed by atoms with E-state index < -0.39 is 0 Å². The fraction of sp³-hybridized carbons (Fsp3) is 0.167. The van der Waals surface area contributed by atoms with Crippen molar-refractivity contribution in [3.63, 3.8) is 0 Å². The summed E-state index contributed by atoms with van der Waals surface area (Å²) >= 11 is 0. The zero-order valence-electron chi connectivity index (χ0n) is 15.5. The second-order valence-corrected chi connectivity index (χ2v) is 7.72. The molecule has 4 aromatic rings. The highest BCUT2D eigenvalue weighted by Gasteiger charge is 2.17. The molecule has 0 atom stereocenters. The molecule has 0 bridgehead atoms. The van der Waals surface area contributed by atoms with Gasteiger partial charge in [0.25, 0.3) is 0 Å². The molecule has 26 heavy (non-hydrogen) atoms.